The van der Waals surface area contributed by atoms with Crippen molar-refractivity contribution in [1.82, 2.24) is 4.90 Å². The summed E-state index contributed by atoms with van der Waals surface area (Å²) >= 11 is 5.73. The first-order chi connectivity index (χ1) is 7.58. The molecule has 90 valence electrons. The minimum absolute atomic E-state index is 0.577. The molecule has 1 aromatic carbocycles. The van der Waals surface area contributed by atoms with Crippen LogP contribution in [0.2, 0.25) is 0 Å². The molecule has 0 fully saturated rings. The van der Waals surface area contributed by atoms with E-state index >= 15 is 0 Å². The average Bonchev–Trinajstić information content (AvgIpc) is 2.25. The number of nitrogens with zero attached hydrogens (tertiary/aromatic N) is 1. The third kappa shape index (κ3) is 3.39. The molecule has 3 heteroatoms. The Balaban J connectivity index is 2.76. The zero-order chi connectivity index (χ0) is 12.1. The van der Waals surface area contributed by atoms with Gasteiger partial charge in [0.05, 0.1) is 13.1 Å². The highest BCUT2D eigenvalue weighted by atomic mass is 35.5. The molecule has 0 amide bonds. The molecular formula is C13H20ClNO. The number of aryl methyl sites for hydroxylation is 2. The largest absolute Gasteiger partial charge is 0.496 e. The first kappa shape index (κ1) is 13.3. The summed E-state index contributed by atoms with van der Waals surface area (Å²) in [5, 5.41) is 0. The highest BCUT2D eigenvalue weighted by Gasteiger charge is 2.05. The highest BCUT2D eigenvalue weighted by molar-refractivity contribution is 6.17. The fraction of sp³-hybridized carbons (Fsp3) is 0.538. The molecule has 0 aliphatic rings. The van der Waals surface area contributed by atoms with E-state index in [1.54, 1.807) is 7.11 Å². The molecule has 0 aromatic heterocycles. The van der Waals surface area contributed by atoms with Crippen LogP contribution in [0, 0.1) is 13.8 Å². The maximum absolute atomic E-state index is 5.73. The van der Waals surface area contributed by atoms with Crippen molar-refractivity contribution in [2.45, 2.75) is 20.3 Å². The molecule has 0 N–H and O–H groups in total. The Kier molecular flexibility index (Phi) is 5.10. The molecule has 0 saturated heterocycles. The van der Waals surface area contributed by atoms with E-state index in [0.29, 0.717) is 6.00 Å². The monoisotopic (exact) mass is 241 g/mol. The van der Waals surface area contributed by atoms with Gasteiger partial charge in [-0.05, 0) is 44.0 Å². The molecule has 0 bridgehead atoms. The minimum Gasteiger partial charge on any atom is -0.496 e. The standard InChI is InChI=1S/C13H20ClNO/c1-10-7-12(5-6-15(3)9-14)8-11(2)13(10)16-4/h7-8H,5-6,9H2,1-4H3. The number of likely N-dealkylation sites (N-methyl/N-ethyl adjacent to an activating group) is 1. The lowest BCUT2D eigenvalue weighted by Crippen LogP contribution is -2.19. The summed E-state index contributed by atoms with van der Waals surface area (Å²) in [7, 11) is 3.74. The van der Waals surface area contributed by atoms with Gasteiger partial charge in [0.1, 0.15) is 5.75 Å². The van der Waals surface area contributed by atoms with Crippen molar-refractivity contribution in [2.24, 2.45) is 0 Å². The lowest BCUT2D eigenvalue weighted by molar-refractivity contribution is 0.393. The van der Waals surface area contributed by atoms with Gasteiger partial charge in [0.15, 0.2) is 0 Å². The summed E-state index contributed by atoms with van der Waals surface area (Å²) in [6.07, 6.45) is 1.02. The summed E-state index contributed by atoms with van der Waals surface area (Å²) in [5.74, 6) is 0.995. The van der Waals surface area contributed by atoms with E-state index in [1.807, 2.05) is 7.05 Å². The predicted molar refractivity (Wildman–Crippen MR) is 69.5 cm³/mol. The summed E-state index contributed by atoms with van der Waals surface area (Å²) in [6.45, 7) is 5.15. The van der Waals surface area contributed by atoms with Gasteiger partial charge in [0.2, 0.25) is 0 Å². The maximum atomic E-state index is 5.73. The lowest BCUT2D eigenvalue weighted by atomic mass is 10.0. The van der Waals surface area contributed by atoms with Gasteiger partial charge in [-0.2, -0.15) is 0 Å². The molecule has 0 radical (unpaired) electrons. The van der Waals surface area contributed by atoms with Gasteiger partial charge >= 0.3 is 0 Å². The molecule has 1 rings (SSSR count). The Morgan fingerprint density at radius 2 is 1.81 bits per heavy atom. The Labute approximate surface area is 103 Å². The van der Waals surface area contributed by atoms with Crippen molar-refractivity contribution < 1.29 is 4.74 Å². The van der Waals surface area contributed by atoms with E-state index in [4.69, 9.17) is 16.3 Å². The van der Waals surface area contributed by atoms with Gasteiger partial charge < -0.3 is 4.74 Å². The van der Waals surface area contributed by atoms with Crippen molar-refractivity contribution in [1.29, 1.82) is 0 Å². The van der Waals surface area contributed by atoms with Crippen LogP contribution in [0.5, 0.6) is 5.75 Å². The first-order valence-corrected chi connectivity index (χ1v) is 6.00. The number of hydrogen-bond donors (Lipinski definition) is 0. The lowest BCUT2D eigenvalue weighted by Gasteiger charge is -2.14. The highest BCUT2D eigenvalue weighted by Crippen LogP contribution is 2.24. The summed E-state index contributed by atoms with van der Waals surface area (Å²) in [5.41, 5.74) is 3.74. The van der Waals surface area contributed by atoms with Crippen LogP contribution in [0.3, 0.4) is 0 Å². The normalized spacial score (nSPS) is 10.9. The number of ether oxygens (including phenoxy) is 1. The Morgan fingerprint density at radius 3 is 2.25 bits per heavy atom. The minimum atomic E-state index is 0.577. The van der Waals surface area contributed by atoms with Crippen molar-refractivity contribution in [3.63, 3.8) is 0 Å². The molecule has 0 saturated carbocycles. The van der Waals surface area contributed by atoms with Gasteiger partial charge in [-0.25, -0.2) is 0 Å². The topological polar surface area (TPSA) is 12.5 Å². The number of halogens is 1. The van der Waals surface area contributed by atoms with Gasteiger partial charge in [0, 0.05) is 6.54 Å². The summed E-state index contributed by atoms with van der Waals surface area (Å²) in [6, 6.07) is 4.95. The van der Waals surface area contributed by atoms with Crippen LogP contribution in [-0.2, 0) is 6.42 Å². The third-order valence-electron chi connectivity index (χ3n) is 2.71. The number of benzene rings is 1. The molecule has 0 aliphatic heterocycles. The zero-order valence-corrected chi connectivity index (χ0v) is 11.3. The molecule has 0 aliphatic carbocycles. The Morgan fingerprint density at radius 1 is 1.25 bits per heavy atom. The quantitative estimate of drug-likeness (QED) is 0.581. The van der Waals surface area contributed by atoms with E-state index in [1.165, 1.54) is 16.7 Å². The van der Waals surface area contributed by atoms with Crippen molar-refractivity contribution in [3.8, 4) is 5.75 Å². The molecule has 0 atom stereocenters. The third-order valence-corrected chi connectivity index (χ3v) is 3.12. The fourth-order valence-corrected chi connectivity index (χ4v) is 2.01. The van der Waals surface area contributed by atoms with E-state index in [2.05, 4.69) is 30.9 Å². The van der Waals surface area contributed by atoms with Gasteiger partial charge in [0.25, 0.3) is 0 Å². The van der Waals surface area contributed by atoms with Crippen LogP contribution >= 0.6 is 11.6 Å². The Hall–Kier alpha value is -0.730. The molecule has 0 heterocycles. The second-order valence-corrected chi connectivity index (χ2v) is 4.45. The van der Waals surface area contributed by atoms with Gasteiger partial charge in [-0.1, -0.05) is 12.1 Å². The van der Waals surface area contributed by atoms with Gasteiger partial charge in [-0.15, -0.1) is 11.6 Å². The number of rotatable bonds is 5. The predicted octanol–water partition coefficient (Wildman–Crippen LogP) is 2.98. The van der Waals surface area contributed by atoms with Crippen LogP contribution < -0.4 is 4.74 Å². The fourth-order valence-electron chi connectivity index (χ4n) is 1.89. The number of methoxy groups -OCH3 is 1. The van der Waals surface area contributed by atoms with Crippen LogP contribution in [0.15, 0.2) is 12.1 Å². The Bertz CT molecular complexity index is 329. The average molecular weight is 242 g/mol. The number of hydrogen-bond acceptors (Lipinski definition) is 2. The van der Waals surface area contributed by atoms with E-state index < -0.39 is 0 Å². The van der Waals surface area contributed by atoms with E-state index in [-0.39, 0.29) is 0 Å². The summed E-state index contributed by atoms with van der Waals surface area (Å²) < 4.78 is 5.35. The second kappa shape index (κ2) is 6.12. The van der Waals surface area contributed by atoms with Gasteiger partial charge in [-0.3, -0.25) is 4.90 Å². The molecule has 0 unspecified atom stereocenters. The van der Waals surface area contributed by atoms with E-state index in [0.717, 1.165) is 18.7 Å². The van der Waals surface area contributed by atoms with Crippen molar-refractivity contribution >= 4 is 11.6 Å². The molecule has 0 spiro atoms. The van der Waals surface area contributed by atoms with Crippen LogP contribution in [0.1, 0.15) is 16.7 Å². The zero-order valence-electron chi connectivity index (χ0n) is 10.5. The molecule has 2 nitrogen and oxygen atoms in total. The van der Waals surface area contributed by atoms with E-state index in [9.17, 15) is 0 Å². The smallest absolute Gasteiger partial charge is 0.124 e. The van der Waals surface area contributed by atoms with Crippen molar-refractivity contribution in [2.75, 3.05) is 26.7 Å². The van der Waals surface area contributed by atoms with Crippen molar-refractivity contribution in [3.05, 3.63) is 28.8 Å². The first-order valence-electron chi connectivity index (χ1n) is 5.47. The molecular weight excluding hydrogens is 222 g/mol. The van der Waals surface area contributed by atoms with Crippen LogP contribution in [-0.4, -0.2) is 31.6 Å². The molecule has 16 heavy (non-hydrogen) atoms. The van der Waals surface area contributed by atoms with Crippen LogP contribution in [0.4, 0.5) is 0 Å². The molecule has 1 aromatic rings. The SMILES string of the molecule is COc1c(C)cc(CCN(C)CCl)cc1C. The van der Waals surface area contributed by atoms with Crippen LogP contribution in [0.25, 0.3) is 0 Å². The number of alkyl halides is 1. The second-order valence-electron chi connectivity index (χ2n) is 4.21. The summed E-state index contributed by atoms with van der Waals surface area (Å²) in [4.78, 5) is 2.09. The maximum Gasteiger partial charge on any atom is 0.124 e.